The lowest BCUT2D eigenvalue weighted by Gasteiger charge is -2.47. The van der Waals surface area contributed by atoms with Crippen molar-refractivity contribution in [1.29, 1.82) is 0 Å². The van der Waals surface area contributed by atoms with Gasteiger partial charge in [0.25, 0.3) is 5.91 Å². The van der Waals surface area contributed by atoms with Crippen molar-refractivity contribution in [2.75, 3.05) is 27.4 Å². The Kier molecular flexibility index (Phi) is 4.31. The van der Waals surface area contributed by atoms with Crippen LogP contribution in [0.5, 0.6) is 5.75 Å². The lowest BCUT2D eigenvalue weighted by Crippen LogP contribution is -2.62. The molecule has 1 aromatic rings. The number of carbonyl (C=O) groups is 1. The van der Waals surface area contributed by atoms with Gasteiger partial charge in [0.2, 0.25) is 0 Å². The predicted octanol–water partition coefficient (Wildman–Crippen LogP) is 1.61. The van der Waals surface area contributed by atoms with Gasteiger partial charge in [-0.3, -0.25) is 4.79 Å². The largest absolute Gasteiger partial charge is 0.496 e. The van der Waals surface area contributed by atoms with Crippen LogP contribution in [0.4, 0.5) is 4.39 Å². The quantitative estimate of drug-likeness (QED) is 0.898. The van der Waals surface area contributed by atoms with Crippen LogP contribution in [0, 0.1) is 17.7 Å². The van der Waals surface area contributed by atoms with E-state index in [1.807, 2.05) is 0 Å². The molecule has 0 radical (unpaired) electrons. The van der Waals surface area contributed by atoms with Crippen molar-refractivity contribution < 1.29 is 23.4 Å². The molecule has 0 spiro atoms. The van der Waals surface area contributed by atoms with Crippen molar-refractivity contribution in [2.24, 2.45) is 11.8 Å². The lowest BCUT2D eigenvalue weighted by molar-refractivity contribution is -0.0810. The van der Waals surface area contributed by atoms with E-state index in [1.165, 1.54) is 19.2 Å². The van der Waals surface area contributed by atoms with Gasteiger partial charge in [0.05, 0.1) is 19.8 Å². The second kappa shape index (κ2) is 6.22. The van der Waals surface area contributed by atoms with Crippen molar-refractivity contribution in [3.05, 3.63) is 29.6 Å². The zero-order chi connectivity index (χ0) is 15.7. The third-order valence-electron chi connectivity index (χ3n) is 4.61. The molecule has 22 heavy (non-hydrogen) atoms. The van der Waals surface area contributed by atoms with E-state index in [1.54, 1.807) is 13.2 Å². The van der Waals surface area contributed by atoms with Crippen LogP contribution in [-0.4, -0.2) is 45.5 Å². The van der Waals surface area contributed by atoms with E-state index >= 15 is 0 Å². The summed E-state index contributed by atoms with van der Waals surface area (Å²) in [4.78, 5) is 12.5. The summed E-state index contributed by atoms with van der Waals surface area (Å²) in [5.74, 6) is -0.412. The molecular formula is C16H20FNO4. The lowest BCUT2D eigenvalue weighted by atomic mass is 9.67. The molecule has 3 rings (SSSR count). The number of fused-ring (bicyclic) bond motifs is 1. The van der Waals surface area contributed by atoms with Crippen LogP contribution in [0.25, 0.3) is 0 Å². The molecular weight excluding hydrogens is 289 g/mol. The highest BCUT2D eigenvalue weighted by molar-refractivity contribution is 5.97. The first-order valence-electron chi connectivity index (χ1n) is 7.41. The molecule has 120 valence electrons. The molecule has 1 saturated carbocycles. The molecule has 4 atom stereocenters. The molecule has 6 heteroatoms. The summed E-state index contributed by atoms with van der Waals surface area (Å²) in [6.07, 6.45) is 1.04. The number of carbonyl (C=O) groups excluding carboxylic acids is 1. The third-order valence-corrected chi connectivity index (χ3v) is 4.61. The monoisotopic (exact) mass is 309 g/mol. The normalized spacial score (nSPS) is 29.6. The first-order valence-corrected chi connectivity index (χ1v) is 7.41. The highest BCUT2D eigenvalue weighted by Gasteiger charge is 2.54. The van der Waals surface area contributed by atoms with E-state index in [0.717, 1.165) is 6.42 Å². The Morgan fingerprint density at radius 1 is 1.45 bits per heavy atom. The van der Waals surface area contributed by atoms with Crippen LogP contribution >= 0.6 is 0 Å². The number of halogens is 1. The summed E-state index contributed by atoms with van der Waals surface area (Å²) in [5, 5.41) is 2.94. The van der Waals surface area contributed by atoms with E-state index < -0.39 is 11.7 Å². The summed E-state index contributed by atoms with van der Waals surface area (Å²) >= 11 is 0. The van der Waals surface area contributed by atoms with Crippen molar-refractivity contribution in [2.45, 2.75) is 18.6 Å². The molecule has 0 unspecified atom stereocenters. The Hall–Kier alpha value is -1.66. The number of ether oxygens (including phenoxy) is 3. The van der Waals surface area contributed by atoms with E-state index in [-0.39, 0.29) is 35.3 Å². The number of amides is 1. The van der Waals surface area contributed by atoms with E-state index in [2.05, 4.69) is 5.32 Å². The van der Waals surface area contributed by atoms with E-state index in [0.29, 0.717) is 13.2 Å². The highest BCUT2D eigenvalue weighted by atomic mass is 19.1. The molecule has 1 N–H and O–H groups in total. The Bertz CT molecular complexity index is 565. The molecule has 1 heterocycles. The van der Waals surface area contributed by atoms with Gasteiger partial charge in [-0.1, -0.05) is 6.07 Å². The van der Waals surface area contributed by atoms with Crippen LogP contribution < -0.4 is 10.1 Å². The number of hydrogen-bond acceptors (Lipinski definition) is 4. The third kappa shape index (κ3) is 2.46. The minimum atomic E-state index is -0.585. The predicted molar refractivity (Wildman–Crippen MR) is 77.4 cm³/mol. The Morgan fingerprint density at radius 2 is 2.27 bits per heavy atom. The van der Waals surface area contributed by atoms with Crippen molar-refractivity contribution in [3.63, 3.8) is 0 Å². The van der Waals surface area contributed by atoms with Gasteiger partial charge in [-0.25, -0.2) is 4.39 Å². The standard InChI is InChI=1S/C16H20FNO4/c1-20-8-10-14(9-6-7-22-15(9)10)18-16(19)13-11(17)4-3-5-12(13)21-2/h3-5,9-10,14-15H,6-8H2,1-2H3,(H,18,19)/t9-,10-,14-,15-/m1/s1. The van der Waals surface area contributed by atoms with Gasteiger partial charge in [-0.15, -0.1) is 0 Å². The summed E-state index contributed by atoms with van der Waals surface area (Å²) in [5.41, 5.74) is -0.0523. The molecule has 2 fully saturated rings. The fourth-order valence-electron chi connectivity index (χ4n) is 3.55. The average Bonchev–Trinajstić information content (AvgIpc) is 2.94. The van der Waals surface area contributed by atoms with Gasteiger partial charge in [-0.2, -0.15) is 0 Å². The molecule has 1 saturated heterocycles. The summed E-state index contributed by atoms with van der Waals surface area (Å²) < 4.78 is 30.0. The molecule has 1 aliphatic heterocycles. The SMILES string of the molecule is COC[C@@H]1[C@H](NC(=O)c2c(F)cccc2OC)[C@H]2CCO[C@H]21. The smallest absolute Gasteiger partial charge is 0.258 e. The van der Waals surface area contributed by atoms with Crippen LogP contribution in [0.1, 0.15) is 16.8 Å². The zero-order valence-corrected chi connectivity index (χ0v) is 12.7. The molecule has 0 bridgehead atoms. The second-order valence-corrected chi connectivity index (χ2v) is 5.72. The highest BCUT2D eigenvalue weighted by Crippen LogP contribution is 2.44. The van der Waals surface area contributed by atoms with Gasteiger partial charge < -0.3 is 19.5 Å². The maximum Gasteiger partial charge on any atom is 0.258 e. The number of rotatable bonds is 5. The first-order chi connectivity index (χ1) is 10.7. The van der Waals surface area contributed by atoms with E-state index in [9.17, 15) is 9.18 Å². The van der Waals surface area contributed by atoms with Crippen LogP contribution in [0.15, 0.2) is 18.2 Å². The van der Waals surface area contributed by atoms with Crippen LogP contribution in [-0.2, 0) is 9.47 Å². The minimum Gasteiger partial charge on any atom is -0.496 e. The van der Waals surface area contributed by atoms with Crippen molar-refractivity contribution in [3.8, 4) is 5.75 Å². The molecule has 2 aliphatic rings. The molecule has 5 nitrogen and oxygen atoms in total. The van der Waals surface area contributed by atoms with Crippen molar-refractivity contribution in [1.82, 2.24) is 5.32 Å². The summed E-state index contributed by atoms with van der Waals surface area (Å²) in [7, 11) is 3.05. The summed E-state index contributed by atoms with van der Waals surface area (Å²) in [6.45, 7) is 1.21. The zero-order valence-electron chi connectivity index (χ0n) is 12.7. The topological polar surface area (TPSA) is 56.8 Å². The Balaban J connectivity index is 1.77. The molecule has 1 aromatic carbocycles. The van der Waals surface area contributed by atoms with Gasteiger partial charge in [-0.05, 0) is 18.6 Å². The fraction of sp³-hybridized carbons (Fsp3) is 0.562. The van der Waals surface area contributed by atoms with Crippen molar-refractivity contribution >= 4 is 5.91 Å². The van der Waals surface area contributed by atoms with Gasteiger partial charge >= 0.3 is 0 Å². The molecule has 1 aliphatic carbocycles. The summed E-state index contributed by atoms with van der Waals surface area (Å²) in [6, 6.07) is 4.30. The maximum absolute atomic E-state index is 14.0. The van der Waals surface area contributed by atoms with Crippen LogP contribution in [0.3, 0.4) is 0 Å². The Morgan fingerprint density at radius 3 is 3.00 bits per heavy atom. The minimum absolute atomic E-state index is 0.0516. The maximum atomic E-state index is 14.0. The number of nitrogens with one attached hydrogen (secondary N) is 1. The fourth-order valence-corrected chi connectivity index (χ4v) is 3.55. The number of hydrogen-bond donors (Lipinski definition) is 1. The van der Waals surface area contributed by atoms with Crippen LogP contribution in [0.2, 0.25) is 0 Å². The second-order valence-electron chi connectivity index (χ2n) is 5.72. The van der Waals surface area contributed by atoms with Gasteiger partial charge in [0, 0.05) is 31.6 Å². The van der Waals surface area contributed by atoms with E-state index in [4.69, 9.17) is 14.2 Å². The first kappa shape index (κ1) is 15.2. The number of benzene rings is 1. The van der Waals surface area contributed by atoms with Gasteiger partial charge in [0.1, 0.15) is 17.1 Å². The average molecular weight is 309 g/mol. The molecule has 1 amide bonds. The Labute approximate surface area is 128 Å². The van der Waals surface area contributed by atoms with Gasteiger partial charge in [0.15, 0.2) is 0 Å². The number of methoxy groups -OCH3 is 2. The molecule has 0 aromatic heterocycles.